The van der Waals surface area contributed by atoms with Gasteiger partial charge in [-0.3, -0.25) is 0 Å². The second-order valence-corrected chi connectivity index (χ2v) is 4.87. The van der Waals surface area contributed by atoms with E-state index < -0.39 is 12.4 Å². The van der Waals surface area contributed by atoms with Gasteiger partial charge in [-0.25, -0.2) is 0 Å². The molecule has 2 aromatic carbocycles. The van der Waals surface area contributed by atoms with Crippen molar-refractivity contribution in [2.24, 2.45) is 5.73 Å². The minimum Gasteiger partial charge on any atom is -0.405 e. The number of ether oxygens (including phenoxy) is 1. The highest BCUT2D eigenvalue weighted by atomic mass is 19.4. The summed E-state index contributed by atoms with van der Waals surface area (Å²) in [7, 11) is 0. The first-order chi connectivity index (χ1) is 9.79. The number of hydrogen-bond acceptors (Lipinski definition) is 2. The van der Waals surface area contributed by atoms with Gasteiger partial charge in [0, 0.05) is 5.56 Å². The Labute approximate surface area is 121 Å². The quantitative estimate of drug-likeness (QED) is 0.918. The standard InChI is InChI=1S/C16H16F3NO/c1-10-6-5-7-11(2)14(10)15(20)12-8-3-4-9-13(12)21-16(17,18)19/h3-9,15H,20H2,1-2H3. The molecule has 0 bridgehead atoms. The van der Waals surface area contributed by atoms with E-state index in [4.69, 9.17) is 5.73 Å². The number of nitrogens with two attached hydrogens (primary N) is 1. The Bertz CT molecular complexity index is 617. The monoisotopic (exact) mass is 295 g/mol. The summed E-state index contributed by atoms with van der Waals surface area (Å²) in [5.74, 6) is -0.264. The van der Waals surface area contributed by atoms with Gasteiger partial charge < -0.3 is 10.5 Å². The fourth-order valence-electron chi connectivity index (χ4n) is 2.43. The zero-order valence-corrected chi connectivity index (χ0v) is 11.7. The van der Waals surface area contributed by atoms with Gasteiger partial charge in [0.05, 0.1) is 6.04 Å². The van der Waals surface area contributed by atoms with Crippen LogP contribution in [0.15, 0.2) is 42.5 Å². The van der Waals surface area contributed by atoms with E-state index in [1.165, 1.54) is 12.1 Å². The van der Waals surface area contributed by atoms with Gasteiger partial charge >= 0.3 is 6.36 Å². The van der Waals surface area contributed by atoms with Crippen LogP contribution in [0.4, 0.5) is 13.2 Å². The summed E-state index contributed by atoms with van der Waals surface area (Å²) in [6.07, 6.45) is -4.74. The van der Waals surface area contributed by atoms with E-state index in [9.17, 15) is 13.2 Å². The first-order valence-corrected chi connectivity index (χ1v) is 6.46. The lowest BCUT2D eigenvalue weighted by Crippen LogP contribution is -2.21. The summed E-state index contributed by atoms with van der Waals surface area (Å²) in [6, 6.07) is 10.9. The van der Waals surface area contributed by atoms with Crippen LogP contribution in [-0.4, -0.2) is 6.36 Å². The van der Waals surface area contributed by atoms with Crippen LogP contribution in [0.1, 0.15) is 28.3 Å². The number of alkyl halides is 3. The topological polar surface area (TPSA) is 35.2 Å². The molecule has 2 N–H and O–H groups in total. The van der Waals surface area contributed by atoms with Crippen LogP contribution in [0, 0.1) is 13.8 Å². The lowest BCUT2D eigenvalue weighted by Gasteiger charge is -2.21. The predicted molar refractivity (Wildman–Crippen MR) is 75.1 cm³/mol. The van der Waals surface area contributed by atoms with Crippen molar-refractivity contribution in [2.75, 3.05) is 0 Å². The van der Waals surface area contributed by atoms with Crippen molar-refractivity contribution in [2.45, 2.75) is 26.3 Å². The van der Waals surface area contributed by atoms with Crippen LogP contribution in [0.2, 0.25) is 0 Å². The molecule has 0 saturated carbocycles. The molecule has 1 atom stereocenters. The maximum Gasteiger partial charge on any atom is 0.573 e. The van der Waals surface area contributed by atoms with E-state index in [0.29, 0.717) is 5.56 Å². The third kappa shape index (κ3) is 3.55. The SMILES string of the molecule is Cc1cccc(C)c1C(N)c1ccccc1OC(F)(F)F. The highest BCUT2D eigenvalue weighted by Crippen LogP contribution is 2.34. The van der Waals surface area contributed by atoms with Crippen LogP contribution in [0.5, 0.6) is 5.75 Å². The Morgan fingerprint density at radius 1 is 0.952 bits per heavy atom. The maximum absolute atomic E-state index is 12.5. The third-order valence-corrected chi connectivity index (χ3v) is 3.33. The average Bonchev–Trinajstić information content (AvgIpc) is 2.37. The third-order valence-electron chi connectivity index (χ3n) is 3.33. The number of aryl methyl sites for hydroxylation is 2. The number of hydrogen-bond donors (Lipinski definition) is 1. The summed E-state index contributed by atoms with van der Waals surface area (Å²) >= 11 is 0. The maximum atomic E-state index is 12.5. The molecule has 5 heteroatoms. The van der Waals surface area contributed by atoms with Crippen LogP contribution >= 0.6 is 0 Å². The lowest BCUT2D eigenvalue weighted by molar-refractivity contribution is -0.274. The van der Waals surface area contributed by atoms with Crippen molar-refractivity contribution in [3.8, 4) is 5.75 Å². The fraction of sp³-hybridized carbons (Fsp3) is 0.250. The lowest BCUT2D eigenvalue weighted by atomic mass is 9.91. The van der Waals surface area contributed by atoms with E-state index >= 15 is 0 Å². The van der Waals surface area contributed by atoms with Crippen LogP contribution in [-0.2, 0) is 0 Å². The zero-order chi connectivity index (χ0) is 15.6. The van der Waals surface area contributed by atoms with Crippen molar-refractivity contribution in [1.82, 2.24) is 0 Å². The summed E-state index contributed by atoms with van der Waals surface area (Å²) in [6.45, 7) is 3.77. The largest absolute Gasteiger partial charge is 0.573 e. The minimum atomic E-state index is -4.74. The predicted octanol–water partition coefficient (Wildman–Crippen LogP) is 4.25. The van der Waals surface area contributed by atoms with Gasteiger partial charge in [0.2, 0.25) is 0 Å². The van der Waals surface area contributed by atoms with E-state index in [1.807, 2.05) is 32.0 Å². The molecule has 2 rings (SSSR count). The molecule has 0 spiro atoms. The molecule has 1 unspecified atom stereocenters. The Balaban J connectivity index is 2.47. The smallest absolute Gasteiger partial charge is 0.405 e. The number of benzene rings is 2. The van der Waals surface area contributed by atoms with Crippen molar-refractivity contribution in [1.29, 1.82) is 0 Å². The van der Waals surface area contributed by atoms with Gasteiger partial charge in [0.1, 0.15) is 5.75 Å². The van der Waals surface area contributed by atoms with Crippen LogP contribution < -0.4 is 10.5 Å². The van der Waals surface area contributed by atoms with Crippen LogP contribution in [0.25, 0.3) is 0 Å². The molecule has 112 valence electrons. The molecular formula is C16H16F3NO. The fourth-order valence-corrected chi connectivity index (χ4v) is 2.43. The van der Waals surface area contributed by atoms with Crippen molar-refractivity contribution >= 4 is 0 Å². The van der Waals surface area contributed by atoms with Crippen molar-refractivity contribution in [3.05, 3.63) is 64.7 Å². The first kappa shape index (κ1) is 15.4. The van der Waals surface area contributed by atoms with Crippen molar-refractivity contribution < 1.29 is 17.9 Å². The number of para-hydroxylation sites is 1. The van der Waals surface area contributed by atoms with Gasteiger partial charge in [-0.15, -0.1) is 13.2 Å². The molecule has 0 aromatic heterocycles. The van der Waals surface area contributed by atoms with E-state index in [1.54, 1.807) is 12.1 Å². The van der Waals surface area contributed by atoms with Gasteiger partial charge in [0.25, 0.3) is 0 Å². The molecule has 0 radical (unpaired) electrons. The molecule has 0 aliphatic rings. The molecular weight excluding hydrogens is 279 g/mol. The second-order valence-electron chi connectivity index (χ2n) is 4.87. The highest BCUT2D eigenvalue weighted by molar-refractivity contribution is 5.46. The molecule has 0 amide bonds. The normalized spacial score (nSPS) is 13.0. The zero-order valence-electron chi connectivity index (χ0n) is 11.7. The highest BCUT2D eigenvalue weighted by Gasteiger charge is 2.33. The second kappa shape index (κ2) is 5.77. The minimum absolute atomic E-state index is 0.264. The molecule has 2 nitrogen and oxygen atoms in total. The van der Waals surface area contributed by atoms with Crippen LogP contribution in [0.3, 0.4) is 0 Å². The van der Waals surface area contributed by atoms with Crippen molar-refractivity contribution in [3.63, 3.8) is 0 Å². The average molecular weight is 295 g/mol. The number of halogens is 3. The summed E-state index contributed by atoms with van der Waals surface area (Å²) in [4.78, 5) is 0. The van der Waals surface area contributed by atoms with Gasteiger partial charge in [0.15, 0.2) is 0 Å². The molecule has 2 aromatic rings. The van der Waals surface area contributed by atoms with E-state index in [0.717, 1.165) is 16.7 Å². The van der Waals surface area contributed by atoms with Gasteiger partial charge in [-0.1, -0.05) is 36.4 Å². The van der Waals surface area contributed by atoms with Gasteiger partial charge in [-0.2, -0.15) is 0 Å². The number of rotatable bonds is 3. The molecule has 0 heterocycles. The van der Waals surface area contributed by atoms with E-state index in [2.05, 4.69) is 4.74 Å². The molecule has 21 heavy (non-hydrogen) atoms. The molecule has 0 aliphatic carbocycles. The molecule has 0 fully saturated rings. The molecule has 0 aliphatic heterocycles. The summed E-state index contributed by atoms with van der Waals surface area (Å²) in [5, 5.41) is 0. The Morgan fingerprint density at radius 3 is 2.10 bits per heavy atom. The molecule has 0 saturated heterocycles. The first-order valence-electron chi connectivity index (χ1n) is 6.46. The Hall–Kier alpha value is -2.01. The van der Waals surface area contributed by atoms with Gasteiger partial charge in [-0.05, 0) is 36.6 Å². The summed E-state index contributed by atoms with van der Waals surface area (Å²) < 4.78 is 41.5. The Morgan fingerprint density at radius 2 is 1.52 bits per heavy atom. The Kier molecular flexibility index (Phi) is 4.23. The summed E-state index contributed by atoms with van der Waals surface area (Å²) in [5.41, 5.74) is 9.19. The van der Waals surface area contributed by atoms with E-state index in [-0.39, 0.29) is 5.75 Å².